The van der Waals surface area contributed by atoms with Gasteiger partial charge in [-0.15, -0.1) is 0 Å². The Kier molecular flexibility index (Phi) is 42.3. The van der Waals surface area contributed by atoms with Crippen LogP contribution in [0.4, 0.5) is 4.79 Å². The number of carbonyl (C=O) groups is 9. The predicted octanol–water partition coefficient (Wildman–Crippen LogP) is 22.1. The first-order valence-electron chi connectivity index (χ1n) is 40.9. The number of hydrogen-bond donors (Lipinski definition) is 2. The molecule has 21 heteroatoms. The normalized spacial score (nSPS) is 32.8. The van der Waals surface area contributed by atoms with E-state index in [1.54, 1.807) is 27.7 Å². The summed E-state index contributed by atoms with van der Waals surface area (Å²) in [6, 6.07) is 0. The highest BCUT2D eigenvalue weighted by Gasteiger charge is 2.66. The summed E-state index contributed by atoms with van der Waals surface area (Å²) < 4.78 is 55.0. The van der Waals surface area contributed by atoms with Crippen molar-refractivity contribution in [2.24, 2.45) is 98.1 Å². The van der Waals surface area contributed by atoms with E-state index in [1.165, 1.54) is 44.9 Å². The Morgan fingerprint density at radius 2 is 0.800 bits per heavy atom. The van der Waals surface area contributed by atoms with Gasteiger partial charge in [0.05, 0.1) is 50.1 Å². The van der Waals surface area contributed by atoms with Crippen LogP contribution in [0.25, 0.3) is 0 Å². The minimum absolute atomic E-state index is 0. The molecule has 676 valence electrons. The average Bonchev–Trinajstić information content (AvgIpc) is 1.24. The highest BCUT2D eigenvalue weighted by Crippen LogP contribution is 2.63. The van der Waals surface area contributed by atoms with Crippen LogP contribution in [0.1, 0.15) is 385 Å². The first-order valence-corrected chi connectivity index (χ1v) is 40.9. The molecule has 13 saturated carbocycles. The van der Waals surface area contributed by atoms with E-state index in [4.69, 9.17) is 47.4 Å². The SMILES string of the molecule is C.C.C.C.C.C.C.C.C.C.CCC(C)(C)C(=O)OC1(C(C)C)C2CC3CC(C2)CC1C3.CCC(C)(C)C(=O)OC12CC3CC(O)(CC(O)(C3)C1)C2.CCC(C)(C)C(=O)OCC(=O)OC1C2CC3CC(C2)C(=O)OC1C3.CCC(C)(C)C(=O)OCOC(=O)OC1C2CC3CC(C2)C(=O)OC1C3.CCC1(OC(=O)C(C)(C)CC)CCCC1. The minimum atomic E-state index is -0.893. The Balaban J connectivity index is 0. The minimum Gasteiger partial charge on any atom is -0.459 e. The van der Waals surface area contributed by atoms with Crippen LogP contribution in [-0.2, 0) is 85.7 Å². The number of ether oxygens (including phenoxy) is 10. The van der Waals surface area contributed by atoms with E-state index in [0.29, 0.717) is 68.1 Å². The van der Waals surface area contributed by atoms with Gasteiger partial charge in [-0.3, -0.25) is 33.6 Å². The summed E-state index contributed by atoms with van der Waals surface area (Å²) in [5.41, 5.74) is -5.06. The molecule has 0 aromatic carbocycles. The molecule has 115 heavy (non-hydrogen) atoms. The average molecular weight is 1640 g/mol. The summed E-state index contributed by atoms with van der Waals surface area (Å²) >= 11 is 0. The Morgan fingerprint density at radius 3 is 1.19 bits per heavy atom. The molecule has 0 amide bonds. The third-order valence-corrected chi connectivity index (χ3v) is 28.4. The molecule has 0 aromatic heterocycles. The summed E-state index contributed by atoms with van der Waals surface area (Å²) in [4.78, 5) is 109. The second-order valence-electron chi connectivity index (χ2n) is 38.6. The molecule has 4 heterocycles. The maximum Gasteiger partial charge on any atom is 0.511 e. The third kappa shape index (κ3) is 25.5. The van der Waals surface area contributed by atoms with Gasteiger partial charge in [0.1, 0.15) is 41.2 Å². The fraction of sp³-hybridized carbons (Fsp3) is 0.904. The summed E-state index contributed by atoms with van der Waals surface area (Å²) in [6.07, 6.45) is 23.6. The van der Waals surface area contributed by atoms with E-state index < -0.39 is 82.2 Å². The van der Waals surface area contributed by atoms with Gasteiger partial charge in [-0.2, -0.15) is 0 Å². The Bertz CT molecular complexity index is 3070. The highest BCUT2D eigenvalue weighted by atomic mass is 16.8. The highest BCUT2D eigenvalue weighted by molar-refractivity contribution is 5.81. The van der Waals surface area contributed by atoms with E-state index >= 15 is 0 Å². The van der Waals surface area contributed by atoms with E-state index in [0.717, 1.165) is 115 Å². The van der Waals surface area contributed by atoms with Crippen LogP contribution in [0.2, 0.25) is 0 Å². The molecule has 17 rings (SSSR count). The standard InChI is InChI=1S/C19H32O2.C18H26O7.C18H26O6.C16H26O4.C13H24O2.10CH4/c1-6-18(4,5)17(20)21-19(12(2)3)15-8-13-7-14(10-15)11-16(19)9-13;1-4-18(2,3)16(20)22-9-23-17(21)25-14-11-5-10-6-12(8-11)15(19)24-13(14)7-10;1-4-18(2,3)17(21)22-9-14(19)24-15-11-5-10-6-12(8-11)16(20)23-13(15)7-10;1-4-13(2,3)12(17)20-16-7-11-5-14(18,9-16)8-15(19,6-11)10-16;1-5-12(3,4)11(14)15-13(6-2)9-7-8-10-13;;;;;;;;;;/h12-16H,6-11H2,1-5H3;10-14H,4-9H2,1-3H3;10-13,15H,4-9H2,1-3H3;11,18-19H,4-10H2,1-3H3;5-10H2,1-4H3;10*1H4. The van der Waals surface area contributed by atoms with Gasteiger partial charge < -0.3 is 57.6 Å². The molecule has 21 nitrogen and oxygen atoms in total. The molecule has 0 radical (unpaired) electrons. The van der Waals surface area contributed by atoms with Crippen molar-refractivity contribution < 1.29 is 101 Å². The van der Waals surface area contributed by atoms with Gasteiger partial charge in [-0.05, 0) is 284 Å². The zero-order valence-electron chi connectivity index (χ0n) is 67.3. The largest absolute Gasteiger partial charge is 0.511 e. The number of fused-ring (bicyclic) bond motifs is 2. The van der Waals surface area contributed by atoms with Gasteiger partial charge >= 0.3 is 53.9 Å². The van der Waals surface area contributed by atoms with Gasteiger partial charge in [0.15, 0.2) is 6.61 Å². The summed E-state index contributed by atoms with van der Waals surface area (Å²) in [6.45, 7) is 34.5. The van der Waals surface area contributed by atoms with Gasteiger partial charge in [-0.1, -0.05) is 130 Å². The van der Waals surface area contributed by atoms with Crippen molar-refractivity contribution in [1.29, 1.82) is 0 Å². The lowest BCUT2D eigenvalue weighted by Crippen LogP contribution is -2.67. The number of carbonyl (C=O) groups excluding carboxylic acids is 9. The van der Waals surface area contributed by atoms with Crippen LogP contribution >= 0.6 is 0 Å². The molecule has 4 aliphatic heterocycles. The van der Waals surface area contributed by atoms with E-state index in [9.17, 15) is 53.4 Å². The van der Waals surface area contributed by atoms with Gasteiger partial charge in [0.2, 0.25) is 6.79 Å². The fourth-order valence-corrected chi connectivity index (χ4v) is 20.6. The molecule has 13 aliphatic carbocycles. The van der Waals surface area contributed by atoms with Crippen LogP contribution in [0.5, 0.6) is 0 Å². The number of hydrogen-bond acceptors (Lipinski definition) is 21. The van der Waals surface area contributed by atoms with Crippen LogP contribution in [0.15, 0.2) is 0 Å². The number of esters is 8. The van der Waals surface area contributed by atoms with Crippen molar-refractivity contribution in [2.45, 2.75) is 438 Å². The lowest BCUT2D eigenvalue weighted by atomic mass is 9.47. The quantitative estimate of drug-likeness (QED) is 0.0613. The summed E-state index contributed by atoms with van der Waals surface area (Å²) in [7, 11) is 0. The first kappa shape index (κ1) is 112. The molecule has 12 atom stereocenters. The fourth-order valence-electron chi connectivity index (χ4n) is 20.6. The summed E-state index contributed by atoms with van der Waals surface area (Å²) in [5, 5.41) is 21.3. The van der Waals surface area contributed by atoms with Crippen LogP contribution in [0, 0.1) is 98.1 Å². The van der Waals surface area contributed by atoms with Crippen molar-refractivity contribution >= 4 is 53.9 Å². The van der Waals surface area contributed by atoms with Gasteiger partial charge in [0.25, 0.3) is 0 Å². The molecule has 0 spiro atoms. The molecule has 2 N–H and O–H groups in total. The zero-order valence-corrected chi connectivity index (χ0v) is 67.3. The Hall–Kier alpha value is -5.05. The second-order valence-corrected chi connectivity index (χ2v) is 38.6. The van der Waals surface area contributed by atoms with E-state index in [1.807, 2.05) is 69.2 Å². The molecule has 12 unspecified atom stereocenters. The van der Waals surface area contributed by atoms with Gasteiger partial charge in [0, 0.05) is 31.1 Å². The molecule has 17 fully saturated rings. The summed E-state index contributed by atoms with van der Waals surface area (Å²) in [5.74, 6) is 2.99. The predicted molar refractivity (Wildman–Crippen MR) is 457 cm³/mol. The van der Waals surface area contributed by atoms with Crippen molar-refractivity contribution in [3.05, 3.63) is 0 Å². The maximum absolute atomic E-state index is 12.8. The van der Waals surface area contributed by atoms with Crippen LogP contribution < -0.4 is 0 Å². The van der Waals surface area contributed by atoms with Crippen molar-refractivity contribution in [3.8, 4) is 0 Å². The van der Waals surface area contributed by atoms with Crippen LogP contribution in [-0.4, -0.2) is 130 Å². The van der Waals surface area contributed by atoms with E-state index in [-0.39, 0.29) is 168 Å². The molecule has 17 aliphatic rings. The molecular weight excluding hydrogens is 1470 g/mol. The number of rotatable bonds is 21. The Morgan fingerprint density at radius 1 is 0.426 bits per heavy atom. The molecule has 16 bridgehead atoms. The van der Waals surface area contributed by atoms with Gasteiger partial charge in [-0.25, -0.2) is 9.59 Å². The molecule has 0 aromatic rings. The topological polar surface area (TPSA) is 286 Å². The maximum atomic E-state index is 12.8. The van der Waals surface area contributed by atoms with Crippen molar-refractivity contribution in [1.82, 2.24) is 0 Å². The smallest absolute Gasteiger partial charge is 0.459 e. The van der Waals surface area contributed by atoms with Crippen LogP contribution in [0.3, 0.4) is 0 Å². The molecule has 4 saturated heterocycles. The number of aliphatic hydroxyl groups is 2. The van der Waals surface area contributed by atoms with Crippen molar-refractivity contribution in [2.75, 3.05) is 13.4 Å². The zero-order chi connectivity index (χ0) is 77.4. The third-order valence-electron chi connectivity index (χ3n) is 28.4. The first-order chi connectivity index (χ1) is 48.9. The van der Waals surface area contributed by atoms with Crippen molar-refractivity contribution in [3.63, 3.8) is 0 Å². The molecular formula is C94H174O21. The monoisotopic (exact) mass is 1640 g/mol. The lowest BCUT2D eigenvalue weighted by molar-refractivity contribution is -0.264. The second kappa shape index (κ2) is 43.4. The van der Waals surface area contributed by atoms with E-state index in [2.05, 4.69) is 27.7 Å². The Labute approximate surface area is 700 Å². The lowest BCUT2D eigenvalue weighted by Gasteiger charge is -2.62.